The van der Waals surface area contributed by atoms with Gasteiger partial charge in [0.1, 0.15) is 0 Å². The van der Waals surface area contributed by atoms with E-state index in [1.165, 1.54) is 11.1 Å². The molecule has 0 unspecified atom stereocenters. The van der Waals surface area contributed by atoms with Gasteiger partial charge in [-0.25, -0.2) is 0 Å². The van der Waals surface area contributed by atoms with Crippen molar-refractivity contribution in [3.05, 3.63) is 29.3 Å². The topological polar surface area (TPSA) is 49.6 Å². The smallest absolute Gasteiger partial charge is 0.236 e. The number of likely N-dealkylation sites (tertiary alicyclic amines) is 1. The van der Waals surface area contributed by atoms with Crippen molar-refractivity contribution in [3.8, 4) is 0 Å². The maximum Gasteiger partial charge on any atom is 0.236 e. The molecule has 1 aromatic carbocycles. The molecule has 1 aromatic rings. The predicted octanol–water partition coefficient (Wildman–Crippen LogP) is 0.859. The highest BCUT2D eigenvalue weighted by atomic mass is 16.2. The number of nitrogens with zero attached hydrogens (tertiary/aromatic N) is 2. The molecule has 3 rings (SSSR count). The number of fused-ring (bicyclic) bond motifs is 1. The van der Waals surface area contributed by atoms with Crippen LogP contribution in [-0.2, 0) is 17.8 Å². The van der Waals surface area contributed by atoms with Crippen LogP contribution in [0.15, 0.2) is 18.2 Å². The zero-order valence-corrected chi connectivity index (χ0v) is 10.6. The van der Waals surface area contributed by atoms with Gasteiger partial charge in [0.05, 0.1) is 6.54 Å². The molecule has 4 nitrogen and oxygen atoms in total. The third-order valence-corrected chi connectivity index (χ3v) is 3.95. The Morgan fingerprint density at radius 2 is 2.11 bits per heavy atom. The van der Waals surface area contributed by atoms with Crippen molar-refractivity contribution in [2.24, 2.45) is 0 Å². The maximum atomic E-state index is 11.9. The summed E-state index contributed by atoms with van der Waals surface area (Å²) in [7, 11) is 0. The highest BCUT2D eigenvalue weighted by Gasteiger charge is 2.24. The van der Waals surface area contributed by atoms with Crippen LogP contribution in [0.2, 0.25) is 0 Å². The molecule has 0 aliphatic carbocycles. The first-order valence-electron chi connectivity index (χ1n) is 6.60. The first-order chi connectivity index (χ1) is 8.74. The van der Waals surface area contributed by atoms with Crippen molar-refractivity contribution in [1.29, 1.82) is 0 Å². The second-order valence-corrected chi connectivity index (χ2v) is 5.18. The molecule has 96 valence electrons. The molecule has 2 aliphatic heterocycles. The summed E-state index contributed by atoms with van der Waals surface area (Å²) in [5.41, 5.74) is 9.41. The lowest BCUT2D eigenvalue weighted by atomic mass is 9.98. The third-order valence-electron chi connectivity index (χ3n) is 3.95. The quantitative estimate of drug-likeness (QED) is 0.786. The Labute approximate surface area is 107 Å². The van der Waals surface area contributed by atoms with Crippen molar-refractivity contribution in [1.82, 2.24) is 9.80 Å². The molecule has 0 atom stereocenters. The van der Waals surface area contributed by atoms with Crippen molar-refractivity contribution in [2.45, 2.75) is 19.4 Å². The van der Waals surface area contributed by atoms with E-state index < -0.39 is 0 Å². The van der Waals surface area contributed by atoms with E-state index in [1.54, 1.807) is 0 Å². The van der Waals surface area contributed by atoms with Crippen molar-refractivity contribution < 1.29 is 4.79 Å². The number of hydrogen-bond acceptors (Lipinski definition) is 3. The fraction of sp³-hybridized carbons (Fsp3) is 0.500. The lowest BCUT2D eigenvalue weighted by molar-refractivity contribution is -0.136. The van der Waals surface area contributed by atoms with E-state index >= 15 is 0 Å². The van der Waals surface area contributed by atoms with Gasteiger partial charge in [-0.05, 0) is 30.0 Å². The fourth-order valence-corrected chi connectivity index (χ4v) is 2.69. The summed E-state index contributed by atoms with van der Waals surface area (Å²) in [6.45, 7) is 4.21. The Bertz CT molecular complexity index is 468. The molecular weight excluding hydrogens is 226 g/mol. The number of carbonyl (C=O) groups excluding carboxylic acids is 1. The van der Waals surface area contributed by atoms with Crippen molar-refractivity contribution in [2.75, 3.05) is 31.9 Å². The van der Waals surface area contributed by atoms with Crippen LogP contribution in [0.5, 0.6) is 0 Å². The molecule has 0 spiro atoms. The number of benzene rings is 1. The van der Waals surface area contributed by atoms with Gasteiger partial charge in [0.15, 0.2) is 0 Å². The fourth-order valence-electron chi connectivity index (χ4n) is 2.69. The Morgan fingerprint density at radius 3 is 2.83 bits per heavy atom. The minimum Gasteiger partial charge on any atom is -0.398 e. The molecule has 2 heterocycles. The SMILES string of the molecule is Nc1cccc2c1CCN(CC(=O)N1CCC1)C2. The van der Waals surface area contributed by atoms with E-state index in [9.17, 15) is 4.79 Å². The zero-order valence-electron chi connectivity index (χ0n) is 10.6. The molecule has 0 radical (unpaired) electrons. The first kappa shape index (κ1) is 11.5. The number of hydrogen-bond donors (Lipinski definition) is 1. The molecule has 1 amide bonds. The second kappa shape index (κ2) is 4.61. The maximum absolute atomic E-state index is 11.9. The number of nitrogen functional groups attached to an aromatic ring is 1. The molecule has 1 fully saturated rings. The zero-order chi connectivity index (χ0) is 12.5. The van der Waals surface area contributed by atoms with Gasteiger partial charge < -0.3 is 10.6 Å². The Balaban J connectivity index is 1.65. The summed E-state index contributed by atoms with van der Waals surface area (Å²) in [5.74, 6) is 0.272. The number of carbonyl (C=O) groups is 1. The van der Waals surface area contributed by atoms with E-state index in [4.69, 9.17) is 5.73 Å². The molecule has 0 saturated carbocycles. The lowest BCUT2D eigenvalue weighted by Gasteiger charge is -2.35. The molecule has 0 aromatic heterocycles. The summed E-state index contributed by atoms with van der Waals surface area (Å²) >= 11 is 0. The van der Waals surface area contributed by atoms with Crippen LogP contribution in [0.4, 0.5) is 5.69 Å². The van der Waals surface area contributed by atoms with E-state index in [2.05, 4.69) is 11.0 Å². The van der Waals surface area contributed by atoms with Crippen LogP contribution in [0.1, 0.15) is 17.5 Å². The van der Waals surface area contributed by atoms with Crippen LogP contribution in [0.3, 0.4) is 0 Å². The van der Waals surface area contributed by atoms with Gasteiger partial charge >= 0.3 is 0 Å². The normalized spacial score (nSPS) is 19.2. The number of amides is 1. The molecular formula is C14H19N3O. The minimum atomic E-state index is 0.272. The standard InChI is InChI=1S/C14H19N3O/c15-13-4-1-3-11-9-16(8-5-12(11)13)10-14(18)17-6-2-7-17/h1,3-4H,2,5-10,15H2. The highest BCUT2D eigenvalue weighted by Crippen LogP contribution is 2.24. The second-order valence-electron chi connectivity index (χ2n) is 5.18. The number of anilines is 1. The van der Waals surface area contributed by atoms with Crippen LogP contribution in [0, 0.1) is 0 Å². The average molecular weight is 245 g/mol. The summed E-state index contributed by atoms with van der Waals surface area (Å²) in [6.07, 6.45) is 2.11. The first-order valence-corrected chi connectivity index (χ1v) is 6.60. The Kier molecular flexibility index (Phi) is 2.96. The van der Waals surface area contributed by atoms with E-state index in [0.717, 1.165) is 44.7 Å². The molecule has 1 saturated heterocycles. The molecule has 2 aliphatic rings. The number of rotatable bonds is 2. The van der Waals surface area contributed by atoms with E-state index in [0.29, 0.717) is 6.54 Å². The largest absolute Gasteiger partial charge is 0.398 e. The van der Waals surface area contributed by atoms with Crippen molar-refractivity contribution in [3.63, 3.8) is 0 Å². The van der Waals surface area contributed by atoms with Crippen LogP contribution in [-0.4, -0.2) is 41.9 Å². The minimum absolute atomic E-state index is 0.272. The third kappa shape index (κ3) is 2.08. The van der Waals surface area contributed by atoms with E-state index in [1.807, 2.05) is 17.0 Å². The average Bonchev–Trinajstić information content (AvgIpc) is 2.26. The van der Waals surface area contributed by atoms with Gasteiger partial charge in [0.25, 0.3) is 0 Å². The summed E-state index contributed by atoms with van der Waals surface area (Å²) in [4.78, 5) is 16.1. The van der Waals surface area contributed by atoms with Gasteiger partial charge in [0, 0.05) is 31.9 Å². The van der Waals surface area contributed by atoms with E-state index in [-0.39, 0.29) is 5.91 Å². The monoisotopic (exact) mass is 245 g/mol. The Hall–Kier alpha value is -1.55. The van der Waals surface area contributed by atoms with Gasteiger partial charge in [-0.3, -0.25) is 9.69 Å². The molecule has 0 bridgehead atoms. The predicted molar refractivity (Wildman–Crippen MR) is 71.0 cm³/mol. The van der Waals surface area contributed by atoms with Gasteiger partial charge in [-0.1, -0.05) is 12.1 Å². The summed E-state index contributed by atoms with van der Waals surface area (Å²) < 4.78 is 0. The summed E-state index contributed by atoms with van der Waals surface area (Å²) in [5, 5.41) is 0. The highest BCUT2D eigenvalue weighted by molar-refractivity contribution is 5.79. The van der Waals surface area contributed by atoms with Crippen molar-refractivity contribution >= 4 is 11.6 Å². The lowest BCUT2D eigenvalue weighted by Crippen LogP contribution is -2.48. The number of nitrogens with two attached hydrogens (primary N) is 1. The van der Waals surface area contributed by atoms with Gasteiger partial charge in [-0.2, -0.15) is 0 Å². The molecule has 2 N–H and O–H groups in total. The van der Waals surface area contributed by atoms with Crippen LogP contribution in [0.25, 0.3) is 0 Å². The van der Waals surface area contributed by atoms with Crippen LogP contribution >= 0.6 is 0 Å². The summed E-state index contributed by atoms with van der Waals surface area (Å²) in [6, 6.07) is 6.07. The van der Waals surface area contributed by atoms with Gasteiger partial charge in [-0.15, -0.1) is 0 Å². The van der Waals surface area contributed by atoms with Gasteiger partial charge in [0.2, 0.25) is 5.91 Å². The molecule has 18 heavy (non-hydrogen) atoms. The molecule has 4 heteroatoms. The Morgan fingerprint density at radius 1 is 1.28 bits per heavy atom. The van der Waals surface area contributed by atoms with Crippen LogP contribution < -0.4 is 5.73 Å².